The minimum absolute atomic E-state index is 0.120. The van der Waals surface area contributed by atoms with Crippen molar-refractivity contribution in [2.75, 3.05) is 7.11 Å². The summed E-state index contributed by atoms with van der Waals surface area (Å²) in [5.74, 6) is -0.305. The molecule has 0 radical (unpaired) electrons. The van der Waals surface area contributed by atoms with Crippen LogP contribution in [0.1, 0.15) is 31.3 Å². The molecule has 14 heavy (non-hydrogen) atoms. The normalized spacial score (nSPS) is 11.1. The number of esters is 1. The van der Waals surface area contributed by atoms with Gasteiger partial charge >= 0.3 is 5.97 Å². The molecule has 0 atom stereocenters. The van der Waals surface area contributed by atoms with Crippen LogP contribution in [0.25, 0.3) is 0 Å². The number of ether oxygens (including phenoxy) is 1. The molecule has 0 saturated carbocycles. The fraction of sp³-hybridized carbons (Fsp3) is 0.455. The summed E-state index contributed by atoms with van der Waals surface area (Å²) in [6.45, 7) is 6.12. The van der Waals surface area contributed by atoms with Crippen LogP contribution in [0.2, 0.25) is 0 Å². The highest BCUT2D eigenvalue weighted by molar-refractivity contribution is 5.85. The van der Waals surface area contributed by atoms with Crippen LogP contribution in [0.3, 0.4) is 0 Å². The number of rotatable bonds is 1. The van der Waals surface area contributed by atoms with Gasteiger partial charge in [0.25, 0.3) is 5.69 Å². The Morgan fingerprint density at radius 2 is 2.00 bits per heavy atom. The molecular weight excluding hydrogens is 178 g/mol. The number of hydrogen-bond donors (Lipinski definition) is 0. The smallest absolute Gasteiger partial charge is 0.403 e. The summed E-state index contributed by atoms with van der Waals surface area (Å²) in [7, 11) is 1.39. The summed E-state index contributed by atoms with van der Waals surface area (Å²) in [6, 6.07) is 5.49. The summed E-state index contributed by atoms with van der Waals surface area (Å²) < 4.78 is 6.61. The van der Waals surface area contributed by atoms with Crippen LogP contribution >= 0.6 is 0 Å². The van der Waals surface area contributed by atoms with Crippen molar-refractivity contribution in [3.63, 3.8) is 0 Å². The Kier molecular flexibility index (Phi) is 2.89. The predicted octanol–water partition coefficient (Wildman–Crippen LogP) is 1.52. The number of methoxy groups -OCH3 is 1. The van der Waals surface area contributed by atoms with Crippen LogP contribution in [-0.2, 0) is 10.3 Å². The zero-order valence-corrected chi connectivity index (χ0v) is 9.07. The minimum atomic E-state index is -0.305. The van der Waals surface area contributed by atoms with E-state index in [0.717, 1.165) is 0 Å². The first-order valence-electron chi connectivity index (χ1n) is 4.56. The van der Waals surface area contributed by atoms with E-state index in [4.69, 9.17) is 4.74 Å². The summed E-state index contributed by atoms with van der Waals surface area (Å²) >= 11 is 0. The van der Waals surface area contributed by atoms with E-state index in [9.17, 15) is 4.79 Å². The van der Waals surface area contributed by atoms with E-state index in [1.54, 1.807) is 6.07 Å². The van der Waals surface area contributed by atoms with Crippen molar-refractivity contribution in [3.8, 4) is 0 Å². The molecule has 0 aliphatic heterocycles. The Labute approximate surface area is 84.3 Å². The maximum atomic E-state index is 11.4. The third-order valence-electron chi connectivity index (χ3n) is 1.98. The number of nitrogens with zero attached hydrogens (tertiary/aromatic N) is 1. The van der Waals surface area contributed by atoms with E-state index in [1.165, 1.54) is 7.11 Å². The molecular formula is C11H16NO2+. The number of hydrogen-bond acceptors (Lipinski definition) is 2. The molecule has 0 saturated heterocycles. The minimum Gasteiger partial charge on any atom is -0.461 e. The van der Waals surface area contributed by atoms with Gasteiger partial charge in [-0.2, -0.15) is 4.57 Å². The molecule has 3 heteroatoms. The Morgan fingerprint density at radius 1 is 1.36 bits per heavy atom. The molecule has 0 amide bonds. The van der Waals surface area contributed by atoms with Gasteiger partial charge in [-0.25, -0.2) is 4.79 Å². The standard InChI is InChI=1S/C11H16NO2/c1-11(2,3)12-8-6-5-7-9(12)10(13)14-4/h5-8H,1-4H3/q+1. The summed E-state index contributed by atoms with van der Waals surface area (Å²) in [5.41, 5.74) is 0.452. The van der Waals surface area contributed by atoms with Gasteiger partial charge < -0.3 is 4.74 Å². The highest BCUT2D eigenvalue weighted by atomic mass is 16.5. The lowest BCUT2D eigenvalue weighted by Crippen LogP contribution is -2.54. The maximum Gasteiger partial charge on any atom is 0.403 e. The van der Waals surface area contributed by atoms with Crippen LogP contribution in [0.4, 0.5) is 0 Å². The van der Waals surface area contributed by atoms with Crippen LogP contribution in [0.5, 0.6) is 0 Å². The van der Waals surface area contributed by atoms with E-state index in [1.807, 2.05) is 43.7 Å². The number of aromatic nitrogens is 1. The van der Waals surface area contributed by atoms with E-state index in [2.05, 4.69) is 0 Å². The van der Waals surface area contributed by atoms with Crippen LogP contribution in [0, 0.1) is 0 Å². The molecule has 1 aromatic heterocycles. The molecule has 3 nitrogen and oxygen atoms in total. The molecule has 1 aromatic rings. The lowest BCUT2D eigenvalue weighted by molar-refractivity contribution is -0.756. The van der Waals surface area contributed by atoms with Gasteiger partial charge in [0.05, 0.1) is 7.11 Å². The Balaban J connectivity index is 3.23. The van der Waals surface area contributed by atoms with Crippen molar-refractivity contribution in [1.29, 1.82) is 0 Å². The number of carbonyl (C=O) groups is 1. The summed E-state index contributed by atoms with van der Waals surface area (Å²) in [4.78, 5) is 11.4. The number of carbonyl (C=O) groups excluding carboxylic acids is 1. The largest absolute Gasteiger partial charge is 0.461 e. The van der Waals surface area contributed by atoms with Gasteiger partial charge in [0.1, 0.15) is 0 Å². The highest BCUT2D eigenvalue weighted by Gasteiger charge is 2.29. The summed E-state index contributed by atoms with van der Waals surface area (Å²) in [6.07, 6.45) is 1.88. The predicted molar refractivity (Wildman–Crippen MR) is 53.0 cm³/mol. The number of pyridine rings is 1. The molecule has 0 aromatic carbocycles. The average Bonchev–Trinajstić information content (AvgIpc) is 2.15. The third kappa shape index (κ3) is 2.10. The second kappa shape index (κ2) is 3.78. The van der Waals surface area contributed by atoms with Gasteiger partial charge in [0.15, 0.2) is 11.7 Å². The van der Waals surface area contributed by atoms with E-state index in [-0.39, 0.29) is 11.5 Å². The zero-order chi connectivity index (χ0) is 10.8. The van der Waals surface area contributed by atoms with Gasteiger partial charge in [-0.1, -0.05) is 0 Å². The molecule has 0 bridgehead atoms. The lowest BCUT2D eigenvalue weighted by Gasteiger charge is -2.14. The molecule has 0 spiro atoms. The first kappa shape index (κ1) is 10.7. The first-order valence-corrected chi connectivity index (χ1v) is 4.56. The fourth-order valence-corrected chi connectivity index (χ4v) is 1.30. The molecule has 0 aliphatic rings. The van der Waals surface area contributed by atoms with Crippen LogP contribution in [0.15, 0.2) is 24.4 Å². The molecule has 1 heterocycles. The van der Waals surface area contributed by atoms with E-state index in [0.29, 0.717) is 5.69 Å². The van der Waals surface area contributed by atoms with E-state index >= 15 is 0 Å². The SMILES string of the molecule is COC(=O)c1cccc[n+]1C(C)(C)C. The lowest BCUT2D eigenvalue weighted by atomic mass is 10.1. The molecule has 0 aliphatic carbocycles. The molecule has 76 valence electrons. The van der Waals surface area contributed by atoms with Crippen molar-refractivity contribution >= 4 is 5.97 Å². The van der Waals surface area contributed by atoms with Crippen molar-refractivity contribution in [1.82, 2.24) is 0 Å². The third-order valence-corrected chi connectivity index (χ3v) is 1.98. The molecule has 0 N–H and O–H groups in total. The Bertz CT molecular complexity index is 339. The van der Waals surface area contributed by atoms with Gasteiger partial charge in [0, 0.05) is 32.9 Å². The van der Waals surface area contributed by atoms with E-state index < -0.39 is 0 Å². The van der Waals surface area contributed by atoms with Gasteiger partial charge in [-0.15, -0.1) is 0 Å². The van der Waals surface area contributed by atoms with Gasteiger partial charge in [0.2, 0.25) is 0 Å². The van der Waals surface area contributed by atoms with Gasteiger partial charge in [-0.05, 0) is 6.07 Å². The zero-order valence-electron chi connectivity index (χ0n) is 9.07. The molecule has 1 rings (SSSR count). The Morgan fingerprint density at radius 3 is 2.50 bits per heavy atom. The van der Waals surface area contributed by atoms with Crippen molar-refractivity contribution < 1.29 is 14.1 Å². The molecule has 0 fully saturated rings. The summed E-state index contributed by atoms with van der Waals surface area (Å²) in [5, 5.41) is 0. The van der Waals surface area contributed by atoms with Crippen molar-refractivity contribution in [3.05, 3.63) is 30.1 Å². The van der Waals surface area contributed by atoms with Crippen molar-refractivity contribution in [2.24, 2.45) is 0 Å². The quantitative estimate of drug-likeness (QED) is 0.501. The fourth-order valence-electron chi connectivity index (χ4n) is 1.30. The van der Waals surface area contributed by atoms with Crippen molar-refractivity contribution in [2.45, 2.75) is 26.3 Å². The molecule has 0 unspecified atom stereocenters. The second-order valence-corrected chi connectivity index (χ2v) is 4.12. The highest BCUT2D eigenvalue weighted by Crippen LogP contribution is 2.06. The maximum absolute atomic E-state index is 11.4. The second-order valence-electron chi connectivity index (χ2n) is 4.12. The van der Waals surface area contributed by atoms with Crippen LogP contribution < -0.4 is 4.57 Å². The first-order chi connectivity index (χ1) is 6.46. The van der Waals surface area contributed by atoms with Gasteiger partial charge in [-0.3, -0.25) is 0 Å². The topological polar surface area (TPSA) is 30.2 Å². The van der Waals surface area contributed by atoms with Crippen LogP contribution in [-0.4, -0.2) is 13.1 Å². The average molecular weight is 194 g/mol. The monoisotopic (exact) mass is 194 g/mol. The Hall–Kier alpha value is -1.38.